The van der Waals surface area contributed by atoms with E-state index in [4.69, 9.17) is 16.0 Å². The van der Waals surface area contributed by atoms with Crippen molar-refractivity contribution >= 4 is 22.6 Å². The molecule has 0 radical (unpaired) electrons. The highest BCUT2D eigenvalue weighted by molar-refractivity contribution is 6.31. The molecule has 0 amide bonds. The zero-order chi connectivity index (χ0) is 14.8. The Morgan fingerprint density at radius 1 is 1.14 bits per heavy atom. The number of hydrogen-bond donors (Lipinski definition) is 1. The van der Waals surface area contributed by atoms with Gasteiger partial charge < -0.3 is 9.73 Å². The smallest absolute Gasteiger partial charge is 0.135 e. The van der Waals surface area contributed by atoms with Crippen molar-refractivity contribution < 1.29 is 4.42 Å². The van der Waals surface area contributed by atoms with E-state index in [1.807, 2.05) is 36.4 Å². The number of rotatable bonds is 4. The molecule has 0 aliphatic rings. The van der Waals surface area contributed by atoms with Crippen molar-refractivity contribution in [3.05, 3.63) is 59.1 Å². The zero-order valence-electron chi connectivity index (χ0n) is 12.2. The largest absolute Gasteiger partial charge is 0.456 e. The fourth-order valence-electron chi connectivity index (χ4n) is 2.57. The molecule has 0 saturated heterocycles. The van der Waals surface area contributed by atoms with Gasteiger partial charge in [-0.1, -0.05) is 48.9 Å². The summed E-state index contributed by atoms with van der Waals surface area (Å²) >= 11 is 6.43. The molecule has 0 aliphatic carbocycles. The lowest BCUT2D eigenvalue weighted by atomic mass is 10.0. The van der Waals surface area contributed by atoms with Gasteiger partial charge in [0.25, 0.3) is 0 Å². The molecule has 3 aromatic rings. The summed E-state index contributed by atoms with van der Waals surface area (Å²) in [6.45, 7) is 5.13. The summed E-state index contributed by atoms with van der Waals surface area (Å²) in [6, 6.07) is 16.4. The lowest BCUT2D eigenvalue weighted by Gasteiger charge is -2.14. The molecule has 1 heterocycles. The van der Waals surface area contributed by atoms with Crippen molar-refractivity contribution in [3.63, 3.8) is 0 Å². The Balaban J connectivity index is 1.97. The zero-order valence-corrected chi connectivity index (χ0v) is 12.9. The first-order valence-corrected chi connectivity index (χ1v) is 7.58. The molecule has 0 bridgehead atoms. The van der Waals surface area contributed by atoms with Crippen LogP contribution in [0.3, 0.4) is 0 Å². The molecule has 1 N–H and O–H groups in total. The first-order chi connectivity index (χ1) is 10.2. The van der Waals surface area contributed by atoms with Gasteiger partial charge in [0.1, 0.15) is 11.3 Å². The first kappa shape index (κ1) is 14.2. The minimum atomic E-state index is 0.243. The lowest BCUT2D eigenvalue weighted by molar-refractivity contribution is 0.598. The van der Waals surface area contributed by atoms with E-state index in [0.29, 0.717) is 0 Å². The van der Waals surface area contributed by atoms with E-state index in [-0.39, 0.29) is 6.04 Å². The van der Waals surface area contributed by atoms with Crippen LogP contribution >= 0.6 is 11.6 Å². The van der Waals surface area contributed by atoms with Gasteiger partial charge in [0.15, 0.2) is 0 Å². The van der Waals surface area contributed by atoms with Crippen molar-refractivity contribution in [3.8, 4) is 11.3 Å². The molecule has 2 aromatic carbocycles. The van der Waals surface area contributed by atoms with Gasteiger partial charge in [-0.3, -0.25) is 0 Å². The lowest BCUT2D eigenvalue weighted by Crippen LogP contribution is -2.17. The molecule has 0 aliphatic heterocycles. The van der Waals surface area contributed by atoms with Gasteiger partial charge in [0, 0.05) is 22.0 Å². The summed E-state index contributed by atoms with van der Waals surface area (Å²) in [4.78, 5) is 0. The molecule has 0 spiro atoms. The van der Waals surface area contributed by atoms with Crippen LogP contribution < -0.4 is 5.32 Å². The van der Waals surface area contributed by atoms with Gasteiger partial charge in [0.2, 0.25) is 0 Å². The molecule has 2 nitrogen and oxygen atoms in total. The molecule has 0 saturated carbocycles. The van der Waals surface area contributed by atoms with E-state index in [9.17, 15) is 0 Å². The molecule has 3 heteroatoms. The van der Waals surface area contributed by atoms with Gasteiger partial charge in [-0.05, 0) is 37.2 Å². The van der Waals surface area contributed by atoms with Gasteiger partial charge in [-0.25, -0.2) is 0 Å². The number of benzene rings is 2. The third-order valence-electron chi connectivity index (χ3n) is 3.69. The van der Waals surface area contributed by atoms with Gasteiger partial charge in [-0.2, -0.15) is 0 Å². The van der Waals surface area contributed by atoms with Crippen LogP contribution in [0.1, 0.15) is 25.5 Å². The summed E-state index contributed by atoms with van der Waals surface area (Å²) in [5.74, 6) is 0.848. The van der Waals surface area contributed by atoms with Crippen molar-refractivity contribution in [1.29, 1.82) is 0 Å². The van der Waals surface area contributed by atoms with E-state index >= 15 is 0 Å². The van der Waals surface area contributed by atoms with Crippen molar-refractivity contribution in [2.45, 2.75) is 19.9 Å². The standard InChI is InChI=1S/C18H18ClNO/c1-3-20-12(2)15-9-8-14(10-16(15)19)18-11-13-6-4-5-7-17(13)21-18/h4-12,20H,3H2,1-2H3. The molecule has 1 atom stereocenters. The topological polar surface area (TPSA) is 25.2 Å². The predicted molar refractivity (Wildman–Crippen MR) is 88.8 cm³/mol. The minimum Gasteiger partial charge on any atom is -0.456 e. The fourth-order valence-corrected chi connectivity index (χ4v) is 2.92. The average Bonchev–Trinajstić information content (AvgIpc) is 2.91. The van der Waals surface area contributed by atoms with E-state index in [2.05, 4.69) is 31.3 Å². The molecule has 108 valence electrons. The predicted octanol–water partition coefficient (Wildman–Crippen LogP) is 5.42. The quantitative estimate of drug-likeness (QED) is 0.695. The molecule has 1 aromatic heterocycles. The summed E-state index contributed by atoms with van der Waals surface area (Å²) in [6.07, 6.45) is 0. The van der Waals surface area contributed by atoms with Crippen molar-refractivity contribution in [1.82, 2.24) is 5.32 Å². The highest BCUT2D eigenvalue weighted by Crippen LogP contribution is 2.32. The maximum atomic E-state index is 6.43. The van der Waals surface area contributed by atoms with Crippen LogP contribution in [0.5, 0.6) is 0 Å². The number of nitrogens with one attached hydrogen (secondary N) is 1. The average molecular weight is 300 g/mol. The van der Waals surface area contributed by atoms with Crippen molar-refractivity contribution in [2.75, 3.05) is 6.54 Å². The summed E-state index contributed by atoms with van der Waals surface area (Å²) in [5.41, 5.74) is 3.01. The number of fused-ring (bicyclic) bond motifs is 1. The first-order valence-electron chi connectivity index (χ1n) is 7.21. The Labute approximate surface area is 129 Å². The van der Waals surface area contributed by atoms with Crippen LogP contribution in [0.2, 0.25) is 5.02 Å². The summed E-state index contributed by atoms with van der Waals surface area (Å²) < 4.78 is 5.88. The number of para-hydroxylation sites is 1. The third-order valence-corrected chi connectivity index (χ3v) is 4.01. The second-order valence-electron chi connectivity index (χ2n) is 5.16. The van der Waals surface area contributed by atoms with E-state index in [1.54, 1.807) is 0 Å². The Hall–Kier alpha value is -1.77. The van der Waals surface area contributed by atoms with E-state index in [1.165, 1.54) is 0 Å². The molecule has 3 rings (SSSR count). The molecule has 21 heavy (non-hydrogen) atoms. The Morgan fingerprint density at radius 3 is 2.67 bits per heavy atom. The van der Waals surface area contributed by atoms with Gasteiger partial charge >= 0.3 is 0 Å². The molecular formula is C18H18ClNO. The Morgan fingerprint density at radius 2 is 1.95 bits per heavy atom. The number of halogens is 1. The van der Waals surface area contributed by atoms with Crippen LogP contribution in [0.25, 0.3) is 22.3 Å². The SMILES string of the molecule is CCNC(C)c1ccc(-c2cc3ccccc3o2)cc1Cl. The van der Waals surface area contributed by atoms with Crippen LogP contribution in [0.4, 0.5) is 0 Å². The Kier molecular flexibility index (Phi) is 4.00. The van der Waals surface area contributed by atoms with Crippen LogP contribution in [0, 0.1) is 0 Å². The van der Waals surface area contributed by atoms with Gasteiger partial charge in [0.05, 0.1) is 0 Å². The number of furan rings is 1. The fraction of sp³-hybridized carbons (Fsp3) is 0.222. The molecule has 0 fully saturated rings. The van der Waals surface area contributed by atoms with Crippen LogP contribution in [-0.2, 0) is 0 Å². The second-order valence-corrected chi connectivity index (χ2v) is 5.57. The molecular weight excluding hydrogens is 282 g/mol. The second kappa shape index (κ2) is 5.92. The van der Waals surface area contributed by atoms with Crippen LogP contribution in [0.15, 0.2) is 52.9 Å². The van der Waals surface area contributed by atoms with Crippen LogP contribution in [-0.4, -0.2) is 6.54 Å². The summed E-state index contributed by atoms with van der Waals surface area (Å²) in [5, 5.41) is 5.25. The maximum absolute atomic E-state index is 6.43. The third kappa shape index (κ3) is 2.82. The Bertz CT molecular complexity index is 730. The highest BCUT2D eigenvalue weighted by atomic mass is 35.5. The maximum Gasteiger partial charge on any atom is 0.135 e. The van der Waals surface area contributed by atoms with E-state index < -0.39 is 0 Å². The monoisotopic (exact) mass is 299 g/mol. The minimum absolute atomic E-state index is 0.243. The van der Waals surface area contributed by atoms with E-state index in [0.717, 1.165) is 39.4 Å². The highest BCUT2D eigenvalue weighted by Gasteiger charge is 2.12. The van der Waals surface area contributed by atoms with Gasteiger partial charge in [-0.15, -0.1) is 0 Å². The summed E-state index contributed by atoms with van der Waals surface area (Å²) in [7, 11) is 0. The normalized spacial score (nSPS) is 12.7. The van der Waals surface area contributed by atoms with Crippen molar-refractivity contribution in [2.24, 2.45) is 0 Å². The number of hydrogen-bond acceptors (Lipinski definition) is 2. The molecule has 1 unspecified atom stereocenters.